The number of para-hydroxylation sites is 3. The van der Waals surface area contributed by atoms with Gasteiger partial charge < -0.3 is 13.6 Å². The van der Waals surface area contributed by atoms with Crippen molar-refractivity contribution in [1.29, 1.82) is 0 Å². The van der Waals surface area contributed by atoms with Crippen LogP contribution in [0.25, 0.3) is 132 Å². The van der Waals surface area contributed by atoms with Crippen molar-refractivity contribution in [1.82, 2.24) is 19.1 Å². The quantitative estimate of drug-likeness (QED) is 0.167. The highest BCUT2D eigenvalue weighted by atomic mass is 16.3. The first-order valence-corrected chi connectivity index (χ1v) is 21.4. The zero-order chi connectivity index (χ0) is 41.2. The van der Waals surface area contributed by atoms with Crippen LogP contribution in [-0.4, -0.2) is 19.1 Å². The zero-order valence-electron chi connectivity index (χ0n) is 33.8. The summed E-state index contributed by atoms with van der Waals surface area (Å²) in [5, 5.41) is 13.1. The van der Waals surface area contributed by atoms with E-state index < -0.39 is 0 Å². The summed E-state index contributed by atoms with van der Waals surface area (Å²) in [5.74, 6) is 0. The Morgan fingerprint density at radius 3 is 1.70 bits per heavy atom. The van der Waals surface area contributed by atoms with Gasteiger partial charge in [-0.05, 0) is 110 Å². The normalized spacial score (nSPS) is 12.1. The van der Waals surface area contributed by atoms with Crippen molar-refractivity contribution in [3.8, 4) is 33.8 Å². The summed E-state index contributed by atoms with van der Waals surface area (Å²) in [6, 6.07) is 72.0. The van der Waals surface area contributed by atoms with Crippen LogP contribution in [0.15, 0.2) is 211 Å². The second-order valence-electron chi connectivity index (χ2n) is 16.5. The average molecular weight is 803 g/mol. The lowest BCUT2D eigenvalue weighted by Crippen LogP contribution is -1.95. The average Bonchev–Trinajstić information content (AvgIpc) is 4.01. The van der Waals surface area contributed by atoms with Gasteiger partial charge in [0.05, 0.1) is 39.3 Å². The number of fused-ring (bicyclic) bond motifs is 15. The summed E-state index contributed by atoms with van der Waals surface area (Å²) >= 11 is 0. The molecule has 0 unspecified atom stereocenters. The van der Waals surface area contributed by atoms with Gasteiger partial charge in [-0.3, -0.25) is 0 Å². The number of hydrogen-bond donors (Lipinski definition) is 0. The Labute approximate surface area is 360 Å². The van der Waals surface area contributed by atoms with Gasteiger partial charge in [0.2, 0.25) is 5.71 Å². The first kappa shape index (κ1) is 34.2. The summed E-state index contributed by atoms with van der Waals surface area (Å²) in [7, 11) is 0. The Hall–Kier alpha value is -8.54. The molecule has 0 aliphatic rings. The van der Waals surface area contributed by atoms with Crippen LogP contribution in [-0.2, 0) is 0 Å². The largest absolute Gasteiger partial charge is 0.436 e. The maximum absolute atomic E-state index is 6.46. The number of rotatable bonds is 4. The Bertz CT molecular complexity index is 4210. The second-order valence-corrected chi connectivity index (χ2v) is 16.5. The van der Waals surface area contributed by atoms with Crippen molar-refractivity contribution >= 4 is 98.1 Å². The molecular formula is C58H34N4O. The van der Waals surface area contributed by atoms with E-state index in [0.29, 0.717) is 5.71 Å². The summed E-state index contributed by atoms with van der Waals surface area (Å²) in [6.07, 6.45) is 1.88. The molecule has 0 radical (unpaired) electrons. The van der Waals surface area contributed by atoms with Crippen LogP contribution >= 0.6 is 0 Å². The summed E-state index contributed by atoms with van der Waals surface area (Å²) in [6.45, 7) is 0. The minimum atomic E-state index is 0.534. The Kier molecular flexibility index (Phi) is 7.05. The smallest absolute Gasteiger partial charge is 0.246 e. The fraction of sp³-hybridized carbons (Fsp3) is 0. The molecule has 5 nitrogen and oxygen atoms in total. The van der Waals surface area contributed by atoms with Crippen molar-refractivity contribution in [2.75, 3.05) is 0 Å². The van der Waals surface area contributed by atoms with E-state index in [1.807, 2.05) is 6.20 Å². The van der Waals surface area contributed by atoms with E-state index in [9.17, 15) is 0 Å². The predicted octanol–water partition coefficient (Wildman–Crippen LogP) is 15.4. The molecule has 14 aromatic rings. The second kappa shape index (κ2) is 13.0. The standard InChI is InChI=1S/C58H34N4O/c1-2-13-39(14-3-1)61-51-19-8-6-17-45(51)48-32-36(22-28-53(48)61)37-23-29-54-49(33-37)46-18-7-9-20-52(46)62(54)40-15-10-12-38(31-40)50-34-59-57-56-47-26-25-42-41-16-5-4-11-35(41)21-24-43(42)44(47)27-30-55(56)63-58(57)60-50/h1-34H. The van der Waals surface area contributed by atoms with E-state index in [1.54, 1.807) is 0 Å². The van der Waals surface area contributed by atoms with Crippen LogP contribution in [0.5, 0.6) is 0 Å². The number of benzene rings is 10. The topological polar surface area (TPSA) is 48.8 Å². The van der Waals surface area contributed by atoms with Gasteiger partial charge in [-0.15, -0.1) is 0 Å². The van der Waals surface area contributed by atoms with Crippen LogP contribution in [0.3, 0.4) is 0 Å². The van der Waals surface area contributed by atoms with Gasteiger partial charge in [0, 0.05) is 38.5 Å². The molecule has 0 aliphatic heterocycles. The van der Waals surface area contributed by atoms with Crippen molar-refractivity contribution in [3.05, 3.63) is 206 Å². The van der Waals surface area contributed by atoms with Crippen LogP contribution < -0.4 is 0 Å². The first-order valence-electron chi connectivity index (χ1n) is 21.4. The van der Waals surface area contributed by atoms with Crippen LogP contribution in [0.2, 0.25) is 0 Å². The third kappa shape index (κ3) is 4.99. The molecule has 4 heterocycles. The SMILES string of the molecule is c1ccc(-n2c3ccccc3c3cc(-c4ccc5c(c4)c4ccccc4n5-c4cccc(-c5cnc6c(n5)oc5ccc7c8ccc9ccccc9c8ccc7c56)c4)ccc32)cc1. The molecule has 63 heavy (non-hydrogen) atoms. The summed E-state index contributed by atoms with van der Waals surface area (Å²) in [4.78, 5) is 10.1. The fourth-order valence-electron chi connectivity index (χ4n) is 10.3. The Morgan fingerprint density at radius 1 is 0.365 bits per heavy atom. The molecule has 0 spiro atoms. The first-order chi connectivity index (χ1) is 31.2. The van der Waals surface area contributed by atoms with Crippen molar-refractivity contribution in [3.63, 3.8) is 0 Å². The van der Waals surface area contributed by atoms with Crippen molar-refractivity contribution in [2.24, 2.45) is 0 Å². The van der Waals surface area contributed by atoms with E-state index in [2.05, 4.69) is 209 Å². The Morgan fingerprint density at radius 2 is 0.937 bits per heavy atom. The minimum absolute atomic E-state index is 0.534. The van der Waals surface area contributed by atoms with Gasteiger partial charge in [0.15, 0.2) is 0 Å². The van der Waals surface area contributed by atoms with Gasteiger partial charge >= 0.3 is 0 Å². The summed E-state index contributed by atoms with van der Waals surface area (Å²) < 4.78 is 11.2. The van der Waals surface area contributed by atoms with Crippen LogP contribution in [0, 0.1) is 0 Å². The Balaban J connectivity index is 0.871. The molecule has 0 bridgehead atoms. The highest BCUT2D eigenvalue weighted by molar-refractivity contribution is 6.25. The molecule has 0 aliphatic carbocycles. The molecule has 0 amide bonds. The molecule has 0 atom stereocenters. The number of furan rings is 1. The van der Waals surface area contributed by atoms with Crippen molar-refractivity contribution < 1.29 is 4.42 Å². The molecule has 0 N–H and O–H groups in total. The fourth-order valence-corrected chi connectivity index (χ4v) is 10.3. The monoisotopic (exact) mass is 802 g/mol. The van der Waals surface area contributed by atoms with Gasteiger partial charge in [-0.25, -0.2) is 9.97 Å². The van der Waals surface area contributed by atoms with Gasteiger partial charge in [-0.1, -0.05) is 133 Å². The lowest BCUT2D eigenvalue weighted by molar-refractivity contribution is 0.654. The van der Waals surface area contributed by atoms with E-state index >= 15 is 0 Å². The maximum atomic E-state index is 6.46. The maximum Gasteiger partial charge on any atom is 0.246 e. The number of hydrogen-bond acceptors (Lipinski definition) is 3. The zero-order valence-corrected chi connectivity index (χ0v) is 33.8. The minimum Gasteiger partial charge on any atom is -0.436 e. The van der Waals surface area contributed by atoms with Crippen molar-refractivity contribution in [2.45, 2.75) is 0 Å². The van der Waals surface area contributed by atoms with Crippen LogP contribution in [0.4, 0.5) is 0 Å². The molecule has 0 saturated heterocycles. The highest BCUT2D eigenvalue weighted by Gasteiger charge is 2.19. The lowest BCUT2D eigenvalue weighted by Gasteiger charge is -2.11. The van der Waals surface area contributed by atoms with Crippen LogP contribution in [0.1, 0.15) is 0 Å². The molecule has 0 saturated carbocycles. The van der Waals surface area contributed by atoms with E-state index in [0.717, 1.165) is 55.5 Å². The molecule has 292 valence electrons. The van der Waals surface area contributed by atoms with E-state index in [1.165, 1.54) is 70.6 Å². The molecule has 10 aromatic carbocycles. The number of nitrogens with zero attached hydrogens (tertiary/aromatic N) is 4. The third-order valence-electron chi connectivity index (χ3n) is 13.2. The van der Waals surface area contributed by atoms with Gasteiger partial charge in [0.25, 0.3) is 0 Å². The molecular weight excluding hydrogens is 769 g/mol. The molecule has 5 heteroatoms. The summed E-state index contributed by atoms with van der Waals surface area (Å²) in [5.41, 5.74) is 13.1. The third-order valence-corrected chi connectivity index (χ3v) is 13.2. The molecule has 0 fully saturated rings. The van der Waals surface area contributed by atoms with Gasteiger partial charge in [0.1, 0.15) is 11.1 Å². The lowest BCUT2D eigenvalue weighted by atomic mass is 9.96. The number of aromatic nitrogens is 4. The molecule has 14 rings (SSSR count). The predicted molar refractivity (Wildman–Crippen MR) is 261 cm³/mol. The molecule has 4 aromatic heterocycles. The van der Waals surface area contributed by atoms with Gasteiger partial charge in [-0.2, -0.15) is 0 Å². The highest BCUT2D eigenvalue weighted by Crippen LogP contribution is 2.41. The van der Waals surface area contributed by atoms with E-state index in [4.69, 9.17) is 14.4 Å². The van der Waals surface area contributed by atoms with E-state index in [-0.39, 0.29) is 0 Å².